The van der Waals surface area contributed by atoms with E-state index in [0.717, 1.165) is 62.8 Å². The molecule has 1 aromatic carbocycles. The number of para-hydroxylation sites is 1. The Labute approximate surface area is 209 Å². The topological polar surface area (TPSA) is 61.2 Å². The highest BCUT2D eigenvalue weighted by Crippen LogP contribution is 2.51. The number of allylic oxidation sites excluding steroid dienone is 8. The van der Waals surface area contributed by atoms with Crippen LogP contribution in [0.5, 0.6) is 0 Å². The third-order valence-corrected chi connectivity index (χ3v) is 7.74. The lowest BCUT2D eigenvalue weighted by atomic mass is 9.82. The molecule has 0 radical (unpaired) electrons. The van der Waals surface area contributed by atoms with Crippen molar-refractivity contribution in [3.05, 3.63) is 75.5 Å². The Kier molecular flexibility index (Phi) is 7.26. The second-order valence-corrected chi connectivity index (χ2v) is 10.5. The van der Waals surface area contributed by atoms with Gasteiger partial charge < -0.3 is 4.90 Å². The minimum atomic E-state index is -0.282. The summed E-state index contributed by atoms with van der Waals surface area (Å²) in [6.07, 6.45) is 12.9. The van der Waals surface area contributed by atoms with Crippen molar-refractivity contribution in [3.63, 3.8) is 0 Å². The number of nitrogens with zero attached hydrogens (tertiary/aromatic N) is 2. The molecule has 0 N–H and O–H groups in total. The molecule has 4 nitrogen and oxygen atoms in total. The summed E-state index contributed by atoms with van der Waals surface area (Å²) < 4.78 is 0. The highest BCUT2D eigenvalue weighted by Gasteiger charge is 2.42. The molecule has 0 atom stereocenters. The fraction of sp³-hybridized carbons (Fsp3) is 0.452. The zero-order valence-electron chi connectivity index (χ0n) is 21.5. The SMILES string of the molecule is CCCCCCC1=CC(=O)C(C#N)=C(C)/C(=C/C=C2/N3CCCc4cccc(c43)C2(C)C)C(=O)C1. The van der Waals surface area contributed by atoms with E-state index in [9.17, 15) is 14.9 Å². The molecular formula is C31H36N2O2. The van der Waals surface area contributed by atoms with Gasteiger partial charge in [-0.3, -0.25) is 9.59 Å². The molecule has 0 fully saturated rings. The van der Waals surface area contributed by atoms with Gasteiger partial charge in [0.25, 0.3) is 0 Å². The fourth-order valence-corrected chi connectivity index (χ4v) is 5.77. The van der Waals surface area contributed by atoms with Crippen LogP contribution in [0.3, 0.4) is 0 Å². The molecule has 0 unspecified atom stereocenters. The van der Waals surface area contributed by atoms with Crippen LogP contribution in [0.4, 0.5) is 5.69 Å². The molecule has 4 rings (SSSR count). The molecule has 2 heterocycles. The van der Waals surface area contributed by atoms with Crippen LogP contribution >= 0.6 is 0 Å². The first-order valence-corrected chi connectivity index (χ1v) is 13.0. The number of hydrogen-bond acceptors (Lipinski definition) is 4. The van der Waals surface area contributed by atoms with Gasteiger partial charge in [0.2, 0.25) is 0 Å². The number of anilines is 1. The second-order valence-electron chi connectivity index (χ2n) is 10.5. The Morgan fingerprint density at radius 2 is 1.94 bits per heavy atom. The zero-order valence-corrected chi connectivity index (χ0v) is 21.5. The number of Topliss-reactive ketones (excluding diaryl/α,β-unsaturated/α-hetero) is 1. The zero-order chi connectivity index (χ0) is 25.2. The summed E-state index contributed by atoms with van der Waals surface area (Å²) >= 11 is 0. The summed E-state index contributed by atoms with van der Waals surface area (Å²) in [7, 11) is 0. The van der Waals surface area contributed by atoms with Gasteiger partial charge in [-0.1, -0.05) is 63.8 Å². The lowest BCUT2D eigenvalue weighted by Gasteiger charge is -2.30. The van der Waals surface area contributed by atoms with Gasteiger partial charge in [-0.05, 0) is 67.5 Å². The van der Waals surface area contributed by atoms with Crippen molar-refractivity contribution >= 4 is 17.3 Å². The molecule has 0 saturated heterocycles. The normalized spacial score (nSPS) is 21.7. The van der Waals surface area contributed by atoms with Gasteiger partial charge in [-0.25, -0.2) is 0 Å². The first-order valence-electron chi connectivity index (χ1n) is 13.0. The largest absolute Gasteiger partial charge is 0.344 e. The molecule has 0 bridgehead atoms. The van der Waals surface area contributed by atoms with E-state index < -0.39 is 0 Å². The monoisotopic (exact) mass is 468 g/mol. The molecule has 0 spiro atoms. The number of hydrogen-bond donors (Lipinski definition) is 0. The predicted molar refractivity (Wildman–Crippen MR) is 141 cm³/mol. The second kappa shape index (κ2) is 10.2. The summed E-state index contributed by atoms with van der Waals surface area (Å²) in [6, 6.07) is 8.64. The van der Waals surface area contributed by atoms with Gasteiger partial charge in [0.05, 0.1) is 0 Å². The molecule has 35 heavy (non-hydrogen) atoms. The van der Waals surface area contributed by atoms with E-state index in [-0.39, 0.29) is 29.0 Å². The Balaban J connectivity index is 1.72. The molecule has 1 aliphatic carbocycles. The number of nitriles is 1. The Morgan fingerprint density at radius 1 is 1.14 bits per heavy atom. The fourth-order valence-electron chi connectivity index (χ4n) is 5.77. The van der Waals surface area contributed by atoms with Crippen LogP contribution in [-0.2, 0) is 21.4 Å². The molecule has 4 heteroatoms. The molecule has 0 saturated carbocycles. The minimum Gasteiger partial charge on any atom is -0.344 e. The van der Waals surface area contributed by atoms with E-state index in [1.807, 2.05) is 6.08 Å². The molecule has 182 valence electrons. The maximum atomic E-state index is 13.4. The lowest BCUT2D eigenvalue weighted by Crippen LogP contribution is -2.29. The molecule has 1 aromatic rings. The highest BCUT2D eigenvalue weighted by atomic mass is 16.1. The minimum absolute atomic E-state index is 0.0195. The predicted octanol–water partition coefficient (Wildman–Crippen LogP) is 6.82. The molecule has 2 aliphatic heterocycles. The quantitative estimate of drug-likeness (QED) is 0.339. The number of carbonyl (C=O) groups excluding carboxylic acids is 2. The van der Waals surface area contributed by atoms with Crippen LogP contribution in [0.15, 0.2) is 64.4 Å². The third kappa shape index (κ3) is 4.69. The number of rotatable bonds is 6. The van der Waals surface area contributed by atoms with E-state index in [1.54, 1.807) is 6.92 Å². The van der Waals surface area contributed by atoms with Crippen molar-refractivity contribution in [1.82, 2.24) is 0 Å². The first-order chi connectivity index (χ1) is 16.8. The Bertz CT molecular complexity index is 1220. The summed E-state index contributed by atoms with van der Waals surface area (Å²) in [5.74, 6) is -0.301. The number of benzene rings is 1. The van der Waals surface area contributed by atoms with Gasteiger partial charge in [-0.15, -0.1) is 0 Å². The smallest absolute Gasteiger partial charge is 0.196 e. The molecular weight excluding hydrogens is 432 g/mol. The van der Waals surface area contributed by atoms with Crippen LogP contribution in [0.25, 0.3) is 0 Å². The van der Waals surface area contributed by atoms with Crippen molar-refractivity contribution in [2.24, 2.45) is 0 Å². The van der Waals surface area contributed by atoms with E-state index >= 15 is 0 Å². The molecule has 0 amide bonds. The number of unbranched alkanes of at least 4 members (excludes halogenated alkanes) is 3. The van der Waals surface area contributed by atoms with Gasteiger partial charge in [0.1, 0.15) is 11.6 Å². The maximum Gasteiger partial charge on any atom is 0.196 e. The van der Waals surface area contributed by atoms with Crippen LogP contribution in [0.2, 0.25) is 0 Å². The number of carbonyl (C=O) groups is 2. The summed E-state index contributed by atoms with van der Waals surface area (Å²) in [5.41, 5.74) is 6.86. The lowest BCUT2D eigenvalue weighted by molar-refractivity contribution is -0.114. The van der Waals surface area contributed by atoms with E-state index in [2.05, 4.69) is 56.0 Å². The van der Waals surface area contributed by atoms with Crippen molar-refractivity contribution in [2.45, 2.75) is 84.5 Å². The summed E-state index contributed by atoms with van der Waals surface area (Å²) in [5, 5.41) is 9.76. The van der Waals surface area contributed by atoms with Gasteiger partial charge in [-0.2, -0.15) is 5.26 Å². The van der Waals surface area contributed by atoms with Gasteiger partial charge in [0, 0.05) is 35.3 Å². The average Bonchev–Trinajstić information content (AvgIpc) is 3.04. The number of aryl methyl sites for hydroxylation is 1. The van der Waals surface area contributed by atoms with Crippen molar-refractivity contribution < 1.29 is 9.59 Å². The van der Waals surface area contributed by atoms with E-state index in [0.29, 0.717) is 11.1 Å². The Hall–Kier alpha value is -3.19. The van der Waals surface area contributed by atoms with Crippen LogP contribution in [-0.4, -0.2) is 18.1 Å². The summed E-state index contributed by atoms with van der Waals surface area (Å²) in [6.45, 7) is 9.31. The van der Waals surface area contributed by atoms with Crippen molar-refractivity contribution in [2.75, 3.05) is 11.4 Å². The number of ketones is 2. The molecule has 0 aromatic heterocycles. The van der Waals surface area contributed by atoms with Crippen molar-refractivity contribution in [3.8, 4) is 6.07 Å². The maximum absolute atomic E-state index is 13.4. The third-order valence-electron chi connectivity index (χ3n) is 7.74. The van der Waals surface area contributed by atoms with Crippen LogP contribution in [0.1, 0.15) is 83.8 Å². The van der Waals surface area contributed by atoms with Crippen LogP contribution < -0.4 is 4.90 Å². The van der Waals surface area contributed by atoms with Crippen LogP contribution in [0, 0.1) is 11.3 Å². The standard InChI is InChI=1S/C31H36N2O2/c1-5-6-7-8-11-22-18-27(34)24(21(2)25(20-32)28(35)19-22)15-16-29-31(3,4)26-14-9-12-23-13-10-17-33(29)30(23)26/h9,12,14-16,19H,5-8,10-11,13,17-18H2,1-4H3/b22-19?,24-15-,25-21?,29-16+. The first kappa shape index (κ1) is 24.9. The Morgan fingerprint density at radius 3 is 2.69 bits per heavy atom. The van der Waals surface area contributed by atoms with Gasteiger partial charge >= 0.3 is 0 Å². The van der Waals surface area contributed by atoms with E-state index in [1.165, 1.54) is 22.9 Å². The van der Waals surface area contributed by atoms with Gasteiger partial charge in [0.15, 0.2) is 11.6 Å². The molecule has 3 aliphatic rings. The van der Waals surface area contributed by atoms with E-state index in [4.69, 9.17) is 0 Å². The average molecular weight is 469 g/mol. The van der Waals surface area contributed by atoms with Crippen molar-refractivity contribution in [1.29, 1.82) is 5.26 Å². The summed E-state index contributed by atoms with van der Waals surface area (Å²) in [4.78, 5) is 28.7. The highest BCUT2D eigenvalue weighted by molar-refractivity contribution is 6.13.